The Labute approximate surface area is 134 Å². The molecule has 0 aliphatic rings. The van der Waals surface area contributed by atoms with Crippen LogP contribution in [0.25, 0.3) is 6.08 Å². The smallest absolute Gasteiger partial charge is 0.289 e. The average Bonchev–Trinajstić information content (AvgIpc) is 2.86. The molecule has 0 atom stereocenters. The number of carbonyl (C=O) groups excluding carboxylic acids is 1. The molecule has 0 amide bonds. The van der Waals surface area contributed by atoms with Crippen molar-refractivity contribution in [2.45, 2.75) is 20.8 Å². The molecule has 1 aromatic heterocycles. The number of aryl methyl sites for hydroxylation is 2. The minimum Gasteiger partial charge on any atom is -0.504 e. The molecule has 0 aliphatic heterocycles. The van der Waals surface area contributed by atoms with Crippen LogP contribution in [0.1, 0.15) is 28.7 Å². The fraction of sp³-hybridized carbons (Fsp3) is 0.235. The first-order valence-corrected chi connectivity index (χ1v) is 7.11. The maximum Gasteiger partial charge on any atom is 0.289 e. The van der Waals surface area contributed by atoms with Gasteiger partial charge in [0.1, 0.15) is 11.6 Å². The van der Waals surface area contributed by atoms with Gasteiger partial charge in [-0.15, -0.1) is 0 Å². The standard InChI is InChI=1S/C17H17N3O3/c1-4-23-16-9-13(5-6-15(16)21)8-14(10-18)17(22)20-12(3)7-11(2)19-20/h5-9,21H,4H2,1-3H3/b14-8+. The summed E-state index contributed by atoms with van der Waals surface area (Å²) in [6, 6.07) is 8.30. The van der Waals surface area contributed by atoms with Crippen molar-refractivity contribution in [2.75, 3.05) is 6.61 Å². The highest BCUT2D eigenvalue weighted by molar-refractivity contribution is 6.03. The van der Waals surface area contributed by atoms with E-state index in [1.54, 1.807) is 39.0 Å². The van der Waals surface area contributed by atoms with E-state index in [1.807, 2.05) is 6.07 Å². The second-order valence-electron chi connectivity index (χ2n) is 4.97. The van der Waals surface area contributed by atoms with Gasteiger partial charge in [0.15, 0.2) is 11.5 Å². The summed E-state index contributed by atoms with van der Waals surface area (Å²) in [7, 11) is 0. The fourth-order valence-corrected chi connectivity index (χ4v) is 2.15. The molecule has 23 heavy (non-hydrogen) atoms. The molecule has 0 spiro atoms. The fourth-order valence-electron chi connectivity index (χ4n) is 2.15. The van der Waals surface area contributed by atoms with E-state index in [0.29, 0.717) is 29.3 Å². The first-order valence-electron chi connectivity index (χ1n) is 7.11. The van der Waals surface area contributed by atoms with Crippen LogP contribution < -0.4 is 4.74 Å². The third-order valence-electron chi connectivity index (χ3n) is 3.15. The van der Waals surface area contributed by atoms with Crippen LogP contribution >= 0.6 is 0 Å². The summed E-state index contributed by atoms with van der Waals surface area (Å²) in [5.74, 6) is -0.186. The molecule has 0 saturated carbocycles. The van der Waals surface area contributed by atoms with Crippen molar-refractivity contribution < 1.29 is 14.6 Å². The van der Waals surface area contributed by atoms with E-state index in [9.17, 15) is 15.2 Å². The van der Waals surface area contributed by atoms with E-state index in [0.717, 1.165) is 0 Å². The lowest BCUT2D eigenvalue weighted by molar-refractivity contribution is 0.0943. The number of nitriles is 1. The molecule has 0 fully saturated rings. The maximum absolute atomic E-state index is 12.4. The number of hydrogen-bond donors (Lipinski definition) is 1. The maximum atomic E-state index is 12.4. The van der Waals surface area contributed by atoms with Gasteiger partial charge in [0.05, 0.1) is 12.3 Å². The largest absolute Gasteiger partial charge is 0.504 e. The van der Waals surface area contributed by atoms with Gasteiger partial charge < -0.3 is 9.84 Å². The molecule has 1 heterocycles. The zero-order chi connectivity index (χ0) is 17.0. The van der Waals surface area contributed by atoms with Crippen LogP contribution in [0.2, 0.25) is 0 Å². The average molecular weight is 311 g/mol. The lowest BCUT2D eigenvalue weighted by atomic mass is 10.1. The van der Waals surface area contributed by atoms with Crippen molar-refractivity contribution in [1.29, 1.82) is 5.26 Å². The monoisotopic (exact) mass is 311 g/mol. The Bertz CT molecular complexity index is 813. The number of aromatic hydroxyl groups is 1. The van der Waals surface area contributed by atoms with Crippen LogP contribution in [0.3, 0.4) is 0 Å². The highest BCUT2D eigenvalue weighted by Gasteiger charge is 2.15. The molecule has 0 bridgehead atoms. The first kappa shape index (κ1) is 16.3. The van der Waals surface area contributed by atoms with Gasteiger partial charge in [0.2, 0.25) is 0 Å². The molecule has 0 aliphatic carbocycles. The molecule has 0 radical (unpaired) electrons. The number of phenolic OH excluding ortho intramolecular Hbond substituents is 1. The third kappa shape index (κ3) is 3.58. The summed E-state index contributed by atoms with van der Waals surface area (Å²) >= 11 is 0. The number of hydrogen-bond acceptors (Lipinski definition) is 5. The van der Waals surface area contributed by atoms with E-state index in [1.165, 1.54) is 16.8 Å². The molecule has 118 valence electrons. The predicted molar refractivity (Wildman–Crippen MR) is 85.2 cm³/mol. The van der Waals surface area contributed by atoms with Crippen molar-refractivity contribution in [1.82, 2.24) is 9.78 Å². The molecular formula is C17H17N3O3. The molecule has 1 N–H and O–H groups in total. The van der Waals surface area contributed by atoms with Crippen LogP contribution in [-0.4, -0.2) is 27.4 Å². The van der Waals surface area contributed by atoms with Crippen LogP contribution in [0, 0.1) is 25.2 Å². The van der Waals surface area contributed by atoms with Crippen molar-refractivity contribution in [3.05, 3.63) is 46.8 Å². The highest BCUT2D eigenvalue weighted by atomic mass is 16.5. The Hall–Kier alpha value is -3.07. The van der Waals surface area contributed by atoms with Gasteiger partial charge in [-0.2, -0.15) is 10.4 Å². The van der Waals surface area contributed by atoms with Crippen LogP contribution in [-0.2, 0) is 0 Å². The summed E-state index contributed by atoms with van der Waals surface area (Å²) < 4.78 is 6.50. The Morgan fingerprint density at radius 3 is 2.74 bits per heavy atom. The quantitative estimate of drug-likeness (QED) is 0.693. The molecule has 0 unspecified atom stereocenters. The Kier molecular flexibility index (Phi) is 4.82. The number of allylic oxidation sites excluding steroid dienone is 1. The Morgan fingerprint density at radius 1 is 1.43 bits per heavy atom. The highest BCUT2D eigenvalue weighted by Crippen LogP contribution is 2.27. The van der Waals surface area contributed by atoms with E-state index in [-0.39, 0.29) is 11.3 Å². The number of phenols is 1. The van der Waals surface area contributed by atoms with Gasteiger partial charge in [-0.05, 0) is 50.6 Å². The summed E-state index contributed by atoms with van der Waals surface area (Å²) in [6.45, 7) is 5.73. The number of aromatic nitrogens is 2. The Morgan fingerprint density at radius 2 is 2.17 bits per heavy atom. The number of carbonyl (C=O) groups is 1. The first-order chi connectivity index (χ1) is 11.0. The minimum absolute atomic E-state index is 0.00683. The zero-order valence-electron chi connectivity index (χ0n) is 13.2. The van der Waals surface area contributed by atoms with Crippen molar-refractivity contribution >= 4 is 12.0 Å². The van der Waals surface area contributed by atoms with Crippen molar-refractivity contribution in [3.8, 4) is 17.6 Å². The normalized spacial score (nSPS) is 11.1. The molecule has 0 saturated heterocycles. The van der Waals surface area contributed by atoms with E-state index in [2.05, 4.69) is 5.10 Å². The SMILES string of the molecule is CCOc1cc(/C=C(\C#N)C(=O)n2nc(C)cc2C)ccc1O. The van der Waals surface area contributed by atoms with Gasteiger partial charge in [-0.25, -0.2) is 4.68 Å². The summed E-state index contributed by atoms with van der Waals surface area (Å²) in [5, 5.41) is 23.1. The molecule has 2 rings (SSSR count). The number of rotatable bonds is 4. The Balaban J connectivity index is 2.39. The minimum atomic E-state index is -0.496. The van der Waals surface area contributed by atoms with Gasteiger partial charge in [-0.3, -0.25) is 4.79 Å². The molecular weight excluding hydrogens is 294 g/mol. The van der Waals surface area contributed by atoms with E-state index in [4.69, 9.17) is 4.74 Å². The van der Waals surface area contributed by atoms with Gasteiger partial charge >= 0.3 is 0 Å². The van der Waals surface area contributed by atoms with Crippen LogP contribution in [0.4, 0.5) is 0 Å². The molecule has 6 heteroatoms. The van der Waals surface area contributed by atoms with Gasteiger partial charge in [-0.1, -0.05) is 6.07 Å². The van der Waals surface area contributed by atoms with Crippen LogP contribution in [0.5, 0.6) is 11.5 Å². The number of ether oxygens (including phenoxy) is 1. The zero-order valence-corrected chi connectivity index (χ0v) is 13.2. The molecule has 6 nitrogen and oxygen atoms in total. The van der Waals surface area contributed by atoms with Crippen LogP contribution in [0.15, 0.2) is 29.8 Å². The number of nitrogens with zero attached hydrogens (tertiary/aromatic N) is 3. The lowest BCUT2D eigenvalue weighted by Crippen LogP contribution is -2.15. The van der Waals surface area contributed by atoms with Crippen molar-refractivity contribution in [2.24, 2.45) is 0 Å². The van der Waals surface area contributed by atoms with Crippen molar-refractivity contribution in [3.63, 3.8) is 0 Å². The second kappa shape index (κ2) is 6.79. The number of benzene rings is 1. The van der Waals surface area contributed by atoms with E-state index >= 15 is 0 Å². The van der Waals surface area contributed by atoms with E-state index < -0.39 is 5.91 Å². The summed E-state index contributed by atoms with van der Waals surface area (Å²) in [5.41, 5.74) is 1.90. The second-order valence-corrected chi connectivity index (χ2v) is 4.97. The third-order valence-corrected chi connectivity index (χ3v) is 3.15. The van der Waals surface area contributed by atoms with Gasteiger partial charge in [0.25, 0.3) is 5.91 Å². The predicted octanol–water partition coefficient (Wildman–Crippen LogP) is 2.85. The molecule has 1 aromatic carbocycles. The summed E-state index contributed by atoms with van der Waals surface area (Å²) in [4.78, 5) is 12.4. The molecule has 2 aromatic rings. The summed E-state index contributed by atoms with van der Waals surface area (Å²) in [6.07, 6.45) is 1.45. The van der Waals surface area contributed by atoms with Gasteiger partial charge in [0, 0.05) is 5.69 Å². The lowest BCUT2D eigenvalue weighted by Gasteiger charge is -2.07. The topological polar surface area (TPSA) is 88.1 Å².